The van der Waals surface area contributed by atoms with E-state index in [0.717, 1.165) is 30.5 Å². The number of rotatable bonds is 5. The highest BCUT2D eigenvalue weighted by Gasteiger charge is 2.23. The van der Waals surface area contributed by atoms with Gasteiger partial charge in [-0.05, 0) is 32.0 Å². The van der Waals surface area contributed by atoms with Crippen LogP contribution in [0.3, 0.4) is 0 Å². The number of piperazine rings is 1. The molecule has 0 radical (unpaired) electrons. The maximum absolute atomic E-state index is 12.8. The Bertz CT molecular complexity index is 963. The minimum atomic E-state index is -0.00732. The average molecular weight is 392 g/mol. The number of ether oxygens (including phenoxy) is 1. The largest absolute Gasteiger partial charge is 0.478 e. The van der Waals surface area contributed by atoms with Crippen molar-refractivity contribution in [1.29, 1.82) is 0 Å². The molecule has 0 N–H and O–H groups in total. The van der Waals surface area contributed by atoms with Crippen molar-refractivity contribution < 1.29 is 9.53 Å². The van der Waals surface area contributed by atoms with E-state index in [1.165, 1.54) is 0 Å². The van der Waals surface area contributed by atoms with Gasteiger partial charge in [-0.3, -0.25) is 4.79 Å². The van der Waals surface area contributed by atoms with E-state index in [9.17, 15) is 4.79 Å². The number of pyridine rings is 1. The maximum atomic E-state index is 12.8. The summed E-state index contributed by atoms with van der Waals surface area (Å²) < 4.78 is 7.31. The fourth-order valence-corrected chi connectivity index (χ4v) is 3.38. The van der Waals surface area contributed by atoms with Crippen molar-refractivity contribution in [1.82, 2.24) is 24.4 Å². The van der Waals surface area contributed by atoms with Gasteiger partial charge in [0.2, 0.25) is 5.88 Å². The van der Waals surface area contributed by atoms with Gasteiger partial charge in [0.05, 0.1) is 12.2 Å². The van der Waals surface area contributed by atoms with E-state index in [2.05, 4.69) is 19.9 Å². The Morgan fingerprint density at radius 1 is 1.07 bits per heavy atom. The van der Waals surface area contributed by atoms with E-state index in [0.29, 0.717) is 31.1 Å². The van der Waals surface area contributed by atoms with Crippen LogP contribution < -0.4 is 9.64 Å². The predicted molar refractivity (Wildman–Crippen MR) is 110 cm³/mol. The molecule has 1 saturated heterocycles. The molecule has 1 amide bonds. The van der Waals surface area contributed by atoms with E-state index in [1.807, 2.05) is 53.9 Å². The first-order chi connectivity index (χ1) is 14.1. The third kappa shape index (κ3) is 4.21. The Hall–Kier alpha value is -3.42. The van der Waals surface area contributed by atoms with Crippen LogP contribution >= 0.6 is 0 Å². The molecule has 0 unspecified atom stereocenters. The van der Waals surface area contributed by atoms with Gasteiger partial charge in [-0.25, -0.2) is 15.0 Å². The van der Waals surface area contributed by atoms with Gasteiger partial charge in [-0.2, -0.15) is 0 Å². The number of aromatic nitrogens is 4. The summed E-state index contributed by atoms with van der Waals surface area (Å²) in [6.45, 7) is 7.06. The zero-order chi connectivity index (χ0) is 20.2. The number of carbonyl (C=O) groups excluding carboxylic acids is 1. The third-order valence-electron chi connectivity index (χ3n) is 4.85. The van der Waals surface area contributed by atoms with Crippen LogP contribution in [0.4, 0.5) is 5.82 Å². The van der Waals surface area contributed by atoms with Crippen molar-refractivity contribution in [2.45, 2.75) is 13.8 Å². The lowest BCUT2D eigenvalue weighted by molar-refractivity contribution is 0.0746. The Labute approximate surface area is 169 Å². The van der Waals surface area contributed by atoms with Gasteiger partial charge in [0, 0.05) is 56.9 Å². The molecule has 4 rings (SSSR count). The monoisotopic (exact) mass is 392 g/mol. The summed E-state index contributed by atoms with van der Waals surface area (Å²) in [5.74, 6) is 2.98. The van der Waals surface area contributed by atoms with Gasteiger partial charge in [-0.15, -0.1) is 0 Å². The molecule has 0 saturated carbocycles. The van der Waals surface area contributed by atoms with Gasteiger partial charge in [-0.1, -0.05) is 0 Å². The summed E-state index contributed by atoms with van der Waals surface area (Å²) in [5.41, 5.74) is 0.578. The smallest absolute Gasteiger partial charge is 0.255 e. The summed E-state index contributed by atoms with van der Waals surface area (Å²) in [4.78, 5) is 30.1. The highest BCUT2D eigenvalue weighted by molar-refractivity contribution is 5.94. The van der Waals surface area contributed by atoms with Gasteiger partial charge in [0.25, 0.3) is 5.91 Å². The number of hydrogen-bond acceptors (Lipinski definition) is 6. The molecule has 0 bridgehead atoms. The number of nitrogens with zero attached hydrogens (tertiary/aromatic N) is 6. The van der Waals surface area contributed by atoms with E-state index in [-0.39, 0.29) is 5.91 Å². The molecule has 29 heavy (non-hydrogen) atoms. The number of amides is 1. The van der Waals surface area contributed by atoms with Crippen molar-refractivity contribution in [3.05, 3.63) is 60.3 Å². The quantitative estimate of drug-likeness (QED) is 0.663. The van der Waals surface area contributed by atoms with Crippen LogP contribution in [0.25, 0.3) is 5.82 Å². The van der Waals surface area contributed by atoms with Gasteiger partial charge in [0.15, 0.2) is 0 Å². The van der Waals surface area contributed by atoms with Crippen LogP contribution in [0.15, 0.2) is 48.9 Å². The molecule has 1 aliphatic rings. The molecule has 1 fully saturated rings. The van der Waals surface area contributed by atoms with Crippen molar-refractivity contribution in [2.75, 3.05) is 37.7 Å². The van der Waals surface area contributed by atoms with Crippen LogP contribution in [-0.2, 0) is 0 Å². The molecular formula is C21H24N6O2. The van der Waals surface area contributed by atoms with Crippen LogP contribution in [0.2, 0.25) is 0 Å². The van der Waals surface area contributed by atoms with Crippen LogP contribution in [0.5, 0.6) is 5.88 Å². The second-order valence-corrected chi connectivity index (χ2v) is 6.82. The zero-order valence-corrected chi connectivity index (χ0v) is 16.7. The highest BCUT2D eigenvalue weighted by Crippen LogP contribution is 2.19. The molecular weight excluding hydrogens is 368 g/mol. The van der Waals surface area contributed by atoms with Crippen LogP contribution in [0, 0.1) is 6.92 Å². The first kappa shape index (κ1) is 18.9. The second-order valence-electron chi connectivity index (χ2n) is 6.82. The fourth-order valence-electron chi connectivity index (χ4n) is 3.38. The molecule has 3 aromatic heterocycles. The molecule has 0 aromatic carbocycles. The predicted octanol–water partition coefficient (Wildman–Crippen LogP) is 2.33. The van der Waals surface area contributed by atoms with Gasteiger partial charge in [0.1, 0.15) is 17.5 Å². The second kappa shape index (κ2) is 8.30. The Balaban J connectivity index is 1.42. The summed E-state index contributed by atoms with van der Waals surface area (Å²) in [7, 11) is 0. The minimum Gasteiger partial charge on any atom is -0.478 e. The summed E-state index contributed by atoms with van der Waals surface area (Å²) in [6.07, 6.45) is 5.51. The van der Waals surface area contributed by atoms with Crippen molar-refractivity contribution in [3.63, 3.8) is 0 Å². The summed E-state index contributed by atoms with van der Waals surface area (Å²) in [6, 6.07) is 9.43. The van der Waals surface area contributed by atoms with E-state index in [4.69, 9.17) is 4.74 Å². The normalized spacial score (nSPS) is 14.1. The van der Waals surface area contributed by atoms with Crippen molar-refractivity contribution in [2.24, 2.45) is 0 Å². The first-order valence-electron chi connectivity index (χ1n) is 9.76. The lowest BCUT2D eigenvalue weighted by atomic mass is 10.2. The molecule has 3 aromatic rings. The number of aryl methyl sites for hydroxylation is 1. The third-order valence-corrected chi connectivity index (χ3v) is 4.85. The van der Waals surface area contributed by atoms with E-state index < -0.39 is 0 Å². The molecule has 0 aliphatic carbocycles. The SMILES string of the molecule is CCOc1ccc(C(=O)N2CCN(c3cc(-n4cccc4)nc(C)n3)CC2)cn1. The van der Waals surface area contributed by atoms with Crippen LogP contribution in [0.1, 0.15) is 23.1 Å². The Morgan fingerprint density at radius 2 is 1.79 bits per heavy atom. The summed E-state index contributed by atoms with van der Waals surface area (Å²) >= 11 is 0. The highest BCUT2D eigenvalue weighted by atomic mass is 16.5. The molecule has 0 atom stereocenters. The molecule has 0 spiro atoms. The first-order valence-corrected chi connectivity index (χ1v) is 9.76. The topological polar surface area (TPSA) is 76.4 Å². The fraction of sp³-hybridized carbons (Fsp3) is 0.333. The lowest BCUT2D eigenvalue weighted by Crippen LogP contribution is -2.49. The van der Waals surface area contributed by atoms with Crippen molar-refractivity contribution >= 4 is 11.7 Å². The van der Waals surface area contributed by atoms with E-state index in [1.54, 1.807) is 18.3 Å². The molecule has 1 aliphatic heterocycles. The average Bonchev–Trinajstić information content (AvgIpc) is 3.29. The molecule has 8 heteroatoms. The zero-order valence-electron chi connectivity index (χ0n) is 16.7. The molecule has 150 valence electrons. The number of anilines is 1. The van der Waals surface area contributed by atoms with Crippen LogP contribution in [-0.4, -0.2) is 63.1 Å². The van der Waals surface area contributed by atoms with Gasteiger partial charge < -0.3 is 19.1 Å². The number of carbonyl (C=O) groups is 1. The lowest BCUT2D eigenvalue weighted by Gasteiger charge is -2.35. The van der Waals surface area contributed by atoms with Gasteiger partial charge >= 0.3 is 0 Å². The Kier molecular flexibility index (Phi) is 5.41. The minimum absolute atomic E-state index is 0.00732. The molecule has 8 nitrogen and oxygen atoms in total. The maximum Gasteiger partial charge on any atom is 0.255 e. The Morgan fingerprint density at radius 3 is 2.45 bits per heavy atom. The molecule has 4 heterocycles. The van der Waals surface area contributed by atoms with E-state index >= 15 is 0 Å². The standard InChI is InChI=1S/C21H24N6O2/c1-3-29-20-7-6-17(15-22-20)21(28)27-12-10-26(11-13-27)19-14-18(23-16(2)24-19)25-8-4-5-9-25/h4-9,14-15H,3,10-13H2,1-2H3. The van der Waals surface area contributed by atoms with Crippen molar-refractivity contribution in [3.8, 4) is 11.7 Å². The summed E-state index contributed by atoms with van der Waals surface area (Å²) in [5, 5.41) is 0. The number of hydrogen-bond donors (Lipinski definition) is 0.